The molecule has 0 radical (unpaired) electrons. The Balaban J connectivity index is 1.61. The standard InChI is InChI=1S/C16H19FN2O/c17-12-6-7-13-14(10-12)19-16(20)15(13)18-9-8-11-4-2-1-3-5-11/h4,6-7,10,15,18H,1-3,5,8-9H2,(H,19,20). The first kappa shape index (κ1) is 13.3. The van der Waals surface area contributed by atoms with E-state index in [0.29, 0.717) is 5.69 Å². The Bertz CT molecular complexity index is 553. The molecule has 3 rings (SSSR count). The van der Waals surface area contributed by atoms with Crippen LogP contribution in [-0.2, 0) is 4.79 Å². The molecule has 0 saturated carbocycles. The van der Waals surface area contributed by atoms with Gasteiger partial charge in [0.25, 0.3) is 0 Å². The Morgan fingerprint density at radius 2 is 2.25 bits per heavy atom. The van der Waals surface area contributed by atoms with Crippen LogP contribution >= 0.6 is 0 Å². The molecule has 1 aromatic rings. The fourth-order valence-corrected chi connectivity index (χ4v) is 2.95. The molecule has 1 amide bonds. The highest BCUT2D eigenvalue weighted by atomic mass is 19.1. The zero-order valence-corrected chi connectivity index (χ0v) is 11.4. The molecule has 106 valence electrons. The molecule has 1 aliphatic heterocycles. The van der Waals surface area contributed by atoms with E-state index in [0.717, 1.165) is 18.5 Å². The van der Waals surface area contributed by atoms with Gasteiger partial charge in [-0.2, -0.15) is 0 Å². The lowest BCUT2D eigenvalue weighted by Crippen LogP contribution is -2.28. The van der Waals surface area contributed by atoms with Crippen molar-refractivity contribution in [1.29, 1.82) is 0 Å². The molecule has 2 N–H and O–H groups in total. The maximum atomic E-state index is 13.1. The first-order valence-electron chi connectivity index (χ1n) is 7.25. The number of hydrogen-bond donors (Lipinski definition) is 2. The van der Waals surface area contributed by atoms with Crippen LogP contribution in [0.15, 0.2) is 29.8 Å². The average molecular weight is 274 g/mol. The molecule has 2 aliphatic rings. The zero-order valence-electron chi connectivity index (χ0n) is 11.4. The van der Waals surface area contributed by atoms with Crippen molar-refractivity contribution < 1.29 is 9.18 Å². The van der Waals surface area contributed by atoms with Crippen molar-refractivity contribution in [2.75, 3.05) is 11.9 Å². The van der Waals surface area contributed by atoms with Crippen LogP contribution in [0.4, 0.5) is 10.1 Å². The van der Waals surface area contributed by atoms with Gasteiger partial charge < -0.3 is 10.6 Å². The van der Waals surface area contributed by atoms with E-state index >= 15 is 0 Å². The minimum Gasteiger partial charge on any atom is -0.324 e. The van der Waals surface area contributed by atoms with Gasteiger partial charge in [0.2, 0.25) is 5.91 Å². The predicted molar refractivity (Wildman–Crippen MR) is 76.9 cm³/mol. The number of allylic oxidation sites excluding steroid dienone is 1. The number of carbonyl (C=O) groups excluding carboxylic acids is 1. The summed E-state index contributed by atoms with van der Waals surface area (Å²) in [5, 5.41) is 6.00. The van der Waals surface area contributed by atoms with Crippen LogP contribution < -0.4 is 10.6 Å². The maximum Gasteiger partial charge on any atom is 0.246 e. The molecule has 0 bridgehead atoms. The Hall–Kier alpha value is -1.68. The topological polar surface area (TPSA) is 41.1 Å². The van der Waals surface area contributed by atoms with Crippen LogP contribution in [0.1, 0.15) is 43.7 Å². The van der Waals surface area contributed by atoms with E-state index in [2.05, 4.69) is 16.7 Å². The monoisotopic (exact) mass is 274 g/mol. The molecule has 4 heteroatoms. The van der Waals surface area contributed by atoms with Gasteiger partial charge in [-0.25, -0.2) is 4.39 Å². The lowest BCUT2D eigenvalue weighted by atomic mass is 9.97. The van der Waals surface area contributed by atoms with Crippen LogP contribution in [-0.4, -0.2) is 12.5 Å². The maximum absolute atomic E-state index is 13.1. The van der Waals surface area contributed by atoms with Crippen LogP contribution in [0.25, 0.3) is 0 Å². The Kier molecular flexibility index (Phi) is 3.83. The van der Waals surface area contributed by atoms with Crippen LogP contribution in [0.3, 0.4) is 0 Å². The largest absolute Gasteiger partial charge is 0.324 e. The molecule has 0 saturated heterocycles. The van der Waals surface area contributed by atoms with E-state index in [-0.39, 0.29) is 17.8 Å². The molecule has 0 spiro atoms. The van der Waals surface area contributed by atoms with Crippen molar-refractivity contribution in [2.24, 2.45) is 0 Å². The quantitative estimate of drug-likeness (QED) is 0.827. The Morgan fingerprint density at radius 1 is 1.35 bits per heavy atom. The second-order valence-corrected chi connectivity index (χ2v) is 5.47. The fourth-order valence-electron chi connectivity index (χ4n) is 2.95. The van der Waals surface area contributed by atoms with Gasteiger partial charge in [-0.05, 0) is 50.8 Å². The molecule has 3 nitrogen and oxygen atoms in total. The second kappa shape index (κ2) is 5.75. The van der Waals surface area contributed by atoms with Crippen molar-refractivity contribution in [1.82, 2.24) is 5.32 Å². The van der Waals surface area contributed by atoms with Crippen molar-refractivity contribution in [3.63, 3.8) is 0 Å². The summed E-state index contributed by atoms with van der Waals surface area (Å²) in [4.78, 5) is 11.9. The second-order valence-electron chi connectivity index (χ2n) is 5.47. The molecule has 1 aromatic carbocycles. The first-order valence-corrected chi connectivity index (χ1v) is 7.25. The van der Waals surface area contributed by atoms with Crippen LogP contribution in [0, 0.1) is 5.82 Å². The number of halogens is 1. The van der Waals surface area contributed by atoms with Crippen LogP contribution in [0.5, 0.6) is 0 Å². The van der Waals surface area contributed by atoms with Crippen molar-refractivity contribution in [3.05, 3.63) is 41.2 Å². The van der Waals surface area contributed by atoms with E-state index < -0.39 is 0 Å². The third-order valence-corrected chi connectivity index (χ3v) is 4.03. The minimum atomic E-state index is -0.352. The highest BCUT2D eigenvalue weighted by Gasteiger charge is 2.30. The van der Waals surface area contributed by atoms with E-state index in [4.69, 9.17) is 0 Å². The smallest absolute Gasteiger partial charge is 0.246 e. The summed E-state index contributed by atoms with van der Waals surface area (Å²) in [7, 11) is 0. The van der Waals surface area contributed by atoms with Crippen molar-refractivity contribution in [2.45, 2.75) is 38.1 Å². The number of hydrogen-bond acceptors (Lipinski definition) is 2. The molecule has 1 heterocycles. The number of benzene rings is 1. The normalized spacial score (nSPS) is 21.4. The number of carbonyl (C=O) groups is 1. The summed E-state index contributed by atoms with van der Waals surface area (Å²) in [5.74, 6) is -0.416. The van der Waals surface area contributed by atoms with Crippen molar-refractivity contribution in [3.8, 4) is 0 Å². The molecule has 1 atom stereocenters. The van der Waals surface area contributed by atoms with Crippen molar-refractivity contribution >= 4 is 11.6 Å². The molecule has 0 fully saturated rings. The average Bonchev–Trinajstić information content (AvgIpc) is 2.75. The SMILES string of the molecule is O=C1Nc2cc(F)ccc2C1NCCC1=CCCCC1. The van der Waals surface area contributed by atoms with Gasteiger partial charge in [-0.1, -0.05) is 17.7 Å². The van der Waals surface area contributed by atoms with Gasteiger partial charge in [-0.3, -0.25) is 4.79 Å². The number of fused-ring (bicyclic) bond motifs is 1. The molecular formula is C16H19FN2O. The van der Waals surface area contributed by atoms with Gasteiger partial charge in [0, 0.05) is 11.3 Å². The number of rotatable bonds is 4. The third-order valence-electron chi connectivity index (χ3n) is 4.03. The van der Waals surface area contributed by atoms with Gasteiger partial charge >= 0.3 is 0 Å². The first-order chi connectivity index (χ1) is 9.74. The number of anilines is 1. The highest BCUT2D eigenvalue weighted by Crippen LogP contribution is 2.31. The highest BCUT2D eigenvalue weighted by molar-refractivity contribution is 6.02. The minimum absolute atomic E-state index is 0.0942. The third kappa shape index (κ3) is 2.75. The summed E-state index contributed by atoms with van der Waals surface area (Å²) in [6.07, 6.45) is 8.24. The summed E-state index contributed by atoms with van der Waals surface area (Å²) in [6.45, 7) is 0.779. The van der Waals surface area contributed by atoms with E-state index in [1.807, 2.05) is 0 Å². The molecule has 1 aliphatic carbocycles. The fraction of sp³-hybridized carbons (Fsp3) is 0.438. The summed E-state index contributed by atoms with van der Waals surface area (Å²) < 4.78 is 13.1. The lowest BCUT2D eigenvalue weighted by Gasteiger charge is -2.15. The summed E-state index contributed by atoms with van der Waals surface area (Å²) >= 11 is 0. The molecule has 1 unspecified atom stereocenters. The van der Waals surface area contributed by atoms with Crippen LogP contribution in [0.2, 0.25) is 0 Å². The summed E-state index contributed by atoms with van der Waals surface area (Å²) in [6, 6.07) is 4.10. The number of nitrogens with one attached hydrogen (secondary N) is 2. The Labute approximate surface area is 118 Å². The van der Waals surface area contributed by atoms with Gasteiger partial charge in [0.1, 0.15) is 11.9 Å². The Morgan fingerprint density at radius 3 is 3.05 bits per heavy atom. The summed E-state index contributed by atoms with van der Waals surface area (Å²) in [5.41, 5.74) is 2.92. The predicted octanol–water partition coefficient (Wildman–Crippen LogP) is 3.30. The number of amides is 1. The molecular weight excluding hydrogens is 255 g/mol. The lowest BCUT2D eigenvalue weighted by molar-refractivity contribution is -0.117. The zero-order chi connectivity index (χ0) is 13.9. The van der Waals surface area contributed by atoms with Gasteiger partial charge in [0.15, 0.2) is 0 Å². The van der Waals surface area contributed by atoms with E-state index in [1.165, 1.54) is 43.4 Å². The molecule has 0 aromatic heterocycles. The molecule has 20 heavy (non-hydrogen) atoms. The van der Waals surface area contributed by atoms with E-state index in [9.17, 15) is 9.18 Å². The van der Waals surface area contributed by atoms with Gasteiger partial charge in [-0.15, -0.1) is 0 Å². The van der Waals surface area contributed by atoms with Gasteiger partial charge in [0.05, 0.1) is 0 Å². The van der Waals surface area contributed by atoms with E-state index in [1.54, 1.807) is 6.07 Å².